The third kappa shape index (κ3) is 5.33. The van der Waals surface area contributed by atoms with Crippen LogP contribution >= 0.6 is 68.0 Å². The van der Waals surface area contributed by atoms with Gasteiger partial charge in [-0.15, -0.1) is 46.4 Å². The van der Waals surface area contributed by atoms with E-state index in [0.717, 1.165) is 51.4 Å². The summed E-state index contributed by atoms with van der Waals surface area (Å²) < 4.78 is -0.938. The topological polar surface area (TPSA) is 0 Å². The number of halogens is 4. The molecular formula is C12H18Cl4S2. The summed E-state index contributed by atoms with van der Waals surface area (Å²) in [6.45, 7) is 0. The highest BCUT2D eigenvalue weighted by atomic mass is 35.5. The van der Waals surface area contributed by atoms with E-state index in [2.05, 4.69) is 0 Å². The lowest BCUT2D eigenvalue weighted by Crippen LogP contribution is -2.25. The van der Waals surface area contributed by atoms with Crippen molar-refractivity contribution in [3.8, 4) is 0 Å². The summed E-state index contributed by atoms with van der Waals surface area (Å²) in [7, 11) is 4.04. The molecular weight excluding hydrogens is 350 g/mol. The van der Waals surface area contributed by atoms with Crippen LogP contribution in [0.2, 0.25) is 0 Å². The second-order valence-corrected chi connectivity index (χ2v) is 11.5. The highest BCUT2D eigenvalue weighted by Crippen LogP contribution is 2.49. The van der Waals surface area contributed by atoms with Crippen molar-refractivity contribution < 1.29 is 0 Å². The molecule has 0 saturated heterocycles. The fourth-order valence-corrected chi connectivity index (χ4v) is 6.52. The van der Waals surface area contributed by atoms with Crippen molar-refractivity contribution in [2.24, 2.45) is 0 Å². The molecule has 0 heterocycles. The summed E-state index contributed by atoms with van der Waals surface area (Å²) in [5, 5.41) is 1.42. The molecule has 0 aliphatic heterocycles. The Morgan fingerprint density at radius 3 is 1.17 bits per heavy atom. The Kier molecular flexibility index (Phi) is 6.09. The molecule has 2 aliphatic carbocycles. The maximum Gasteiger partial charge on any atom is 0.118 e. The third-order valence-corrected chi connectivity index (χ3v) is 8.73. The first-order valence-corrected chi connectivity index (χ1v) is 10.2. The van der Waals surface area contributed by atoms with Crippen molar-refractivity contribution in [1.29, 1.82) is 0 Å². The fraction of sp³-hybridized carbons (Fsp3) is 1.00. The average molecular weight is 368 g/mol. The van der Waals surface area contributed by atoms with Gasteiger partial charge in [0.15, 0.2) is 0 Å². The van der Waals surface area contributed by atoms with Crippen molar-refractivity contribution in [3.05, 3.63) is 0 Å². The van der Waals surface area contributed by atoms with Gasteiger partial charge < -0.3 is 0 Å². The Bertz CT molecular complexity index is 235. The predicted molar refractivity (Wildman–Crippen MR) is 88.6 cm³/mol. The van der Waals surface area contributed by atoms with Gasteiger partial charge in [0.25, 0.3) is 0 Å². The summed E-state index contributed by atoms with van der Waals surface area (Å²) in [6.07, 6.45) is 8.21. The highest BCUT2D eigenvalue weighted by Gasteiger charge is 2.34. The molecule has 0 atom stereocenters. The summed E-state index contributed by atoms with van der Waals surface area (Å²) in [5.41, 5.74) is 0. The van der Waals surface area contributed by atoms with E-state index in [1.807, 2.05) is 21.6 Å². The molecule has 106 valence electrons. The van der Waals surface area contributed by atoms with Crippen LogP contribution in [0.1, 0.15) is 51.4 Å². The SMILES string of the molecule is ClC1(Cl)CCC(SSC2CCC(Cl)(Cl)CC2)CC1. The van der Waals surface area contributed by atoms with E-state index < -0.39 is 8.67 Å². The molecule has 0 N–H and O–H groups in total. The minimum Gasteiger partial charge on any atom is -0.102 e. The van der Waals surface area contributed by atoms with E-state index in [0.29, 0.717) is 10.5 Å². The van der Waals surface area contributed by atoms with Gasteiger partial charge in [-0.05, 0) is 51.4 Å². The van der Waals surface area contributed by atoms with Gasteiger partial charge in [0.2, 0.25) is 0 Å². The van der Waals surface area contributed by atoms with E-state index in [4.69, 9.17) is 46.4 Å². The second-order valence-electron chi connectivity index (χ2n) is 5.30. The number of hydrogen-bond acceptors (Lipinski definition) is 2. The molecule has 0 nitrogen and oxygen atoms in total. The maximum absolute atomic E-state index is 6.14. The van der Waals surface area contributed by atoms with Gasteiger partial charge in [-0.25, -0.2) is 0 Å². The van der Waals surface area contributed by atoms with Gasteiger partial charge in [0.05, 0.1) is 0 Å². The van der Waals surface area contributed by atoms with E-state index >= 15 is 0 Å². The van der Waals surface area contributed by atoms with Crippen molar-refractivity contribution in [2.45, 2.75) is 70.5 Å². The summed E-state index contributed by atoms with van der Waals surface area (Å²) in [5.74, 6) is 0. The summed E-state index contributed by atoms with van der Waals surface area (Å²) in [4.78, 5) is 0. The second kappa shape index (κ2) is 6.75. The van der Waals surface area contributed by atoms with Crippen molar-refractivity contribution in [3.63, 3.8) is 0 Å². The Labute approximate surface area is 138 Å². The van der Waals surface area contributed by atoms with Crippen LogP contribution in [0, 0.1) is 0 Å². The number of alkyl halides is 4. The van der Waals surface area contributed by atoms with Crippen LogP contribution < -0.4 is 0 Å². The Morgan fingerprint density at radius 2 is 0.889 bits per heavy atom. The first kappa shape index (κ1) is 16.2. The largest absolute Gasteiger partial charge is 0.118 e. The molecule has 0 unspecified atom stereocenters. The lowest BCUT2D eigenvalue weighted by Gasteiger charge is -2.33. The summed E-state index contributed by atoms with van der Waals surface area (Å²) in [6, 6.07) is 0. The van der Waals surface area contributed by atoms with Gasteiger partial charge >= 0.3 is 0 Å². The quantitative estimate of drug-likeness (QED) is 0.407. The first-order valence-electron chi connectivity index (χ1n) is 6.44. The van der Waals surface area contributed by atoms with Crippen LogP contribution in [-0.2, 0) is 0 Å². The molecule has 0 aromatic carbocycles. The molecule has 18 heavy (non-hydrogen) atoms. The Hall–Kier alpha value is 1.86. The number of rotatable bonds is 3. The van der Waals surface area contributed by atoms with Crippen molar-refractivity contribution in [2.75, 3.05) is 0 Å². The third-order valence-electron chi connectivity index (χ3n) is 3.66. The van der Waals surface area contributed by atoms with Crippen LogP contribution in [0.15, 0.2) is 0 Å². The van der Waals surface area contributed by atoms with Gasteiger partial charge in [-0.2, -0.15) is 0 Å². The minimum absolute atomic E-state index is 0.469. The monoisotopic (exact) mass is 366 g/mol. The molecule has 0 radical (unpaired) electrons. The van der Waals surface area contributed by atoms with E-state index in [1.54, 1.807) is 0 Å². The molecule has 2 aliphatic rings. The molecule has 2 rings (SSSR count). The molecule has 0 aromatic heterocycles. The van der Waals surface area contributed by atoms with Gasteiger partial charge in [0, 0.05) is 10.5 Å². The zero-order valence-electron chi connectivity index (χ0n) is 10.1. The normalized spacial score (nSPS) is 29.3. The zero-order chi connectivity index (χ0) is 13.2. The Morgan fingerprint density at radius 1 is 0.611 bits per heavy atom. The smallest absolute Gasteiger partial charge is 0.102 e. The molecule has 2 fully saturated rings. The van der Waals surface area contributed by atoms with Crippen LogP contribution in [0.5, 0.6) is 0 Å². The van der Waals surface area contributed by atoms with Crippen LogP contribution in [0.4, 0.5) is 0 Å². The van der Waals surface area contributed by atoms with Crippen LogP contribution in [0.25, 0.3) is 0 Å². The van der Waals surface area contributed by atoms with Crippen LogP contribution in [0.3, 0.4) is 0 Å². The molecule has 2 saturated carbocycles. The van der Waals surface area contributed by atoms with E-state index in [9.17, 15) is 0 Å². The molecule has 0 bridgehead atoms. The van der Waals surface area contributed by atoms with E-state index in [1.165, 1.54) is 0 Å². The van der Waals surface area contributed by atoms with Crippen molar-refractivity contribution in [1.82, 2.24) is 0 Å². The lowest BCUT2D eigenvalue weighted by molar-refractivity contribution is 0.488. The Balaban J connectivity index is 1.64. The molecule has 0 spiro atoms. The average Bonchev–Trinajstić information content (AvgIpc) is 2.29. The molecule has 0 amide bonds. The molecule has 6 heteroatoms. The zero-order valence-corrected chi connectivity index (χ0v) is 14.8. The molecule has 0 aromatic rings. The van der Waals surface area contributed by atoms with Gasteiger partial charge in [-0.1, -0.05) is 21.6 Å². The fourth-order valence-electron chi connectivity index (χ4n) is 2.38. The predicted octanol–water partition coefficient (Wildman–Crippen LogP) is 6.60. The standard InChI is InChI=1S/C12H18Cl4S2/c13-11(14)5-1-9(2-6-11)17-18-10-3-7-12(15,16)8-4-10/h9-10H,1-8H2. The van der Waals surface area contributed by atoms with E-state index in [-0.39, 0.29) is 0 Å². The van der Waals surface area contributed by atoms with Crippen LogP contribution in [-0.4, -0.2) is 19.2 Å². The maximum atomic E-state index is 6.14. The number of hydrogen-bond donors (Lipinski definition) is 0. The van der Waals surface area contributed by atoms with Crippen molar-refractivity contribution >= 4 is 68.0 Å². The van der Waals surface area contributed by atoms with Gasteiger partial charge in [-0.3, -0.25) is 0 Å². The highest BCUT2D eigenvalue weighted by molar-refractivity contribution is 8.77. The summed E-state index contributed by atoms with van der Waals surface area (Å²) >= 11 is 24.6. The minimum atomic E-state index is -0.469. The van der Waals surface area contributed by atoms with Gasteiger partial charge in [0.1, 0.15) is 8.67 Å². The lowest BCUT2D eigenvalue weighted by atomic mass is 9.99. The first-order chi connectivity index (χ1) is 8.36.